The molecule has 1 atom stereocenters. The van der Waals surface area contributed by atoms with Gasteiger partial charge in [0, 0.05) is 18.5 Å². The maximum absolute atomic E-state index is 12.6. The Morgan fingerprint density at radius 1 is 1.38 bits per heavy atom. The lowest BCUT2D eigenvalue weighted by molar-refractivity contribution is -0.121. The summed E-state index contributed by atoms with van der Waals surface area (Å²) in [7, 11) is 0. The lowest BCUT2D eigenvalue weighted by Crippen LogP contribution is -2.43. The van der Waals surface area contributed by atoms with Crippen molar-refractivity contribution in [3.8, 4) is 11.8 Å². The van der Waals surface area contributed by atoms with Crippen LogP contribution in [0, 0.1) is 11.8 Å². The zero-order chi connectivity index (χ0) is 15.2. The minimum atomic E-state index is -0.532. The topological polar surface area (TPSA) is 83.6 Å². The minimum Gasteiger partial charge on any atom is -0.395 e. The van der Waals surface area contributed by atoms with Gasteiger partial charge in [-0.3, -0.25) is 9.59 Å². The second-order valence-corrected chi connectivity index (χ2v) is 4.88. The molecule has 0 spiro atoms. The van der Waals surface area contributed by atoms with Crippen LogP contribution in [0.15, 0.2) is 24.3 Å². The quantitative estimate of drug-likeness (QED) is 0.794. The van der Waals surface area contributed by atoms with E-state index in [-0.39, 0.29) is 12.5 Å². The molecule has 0 bridgehead atoms. The van der Waals surface area contributed by atoms with Crippen LogP contribution in [-0.2, 0) is 4.79 Å². The Hall–Kier alpha value is -2.32. The number of rotatable bonds is 3. The van der Waals surface area contributed by atoms with Crippen molar-refractivity contribution in [3.63, 3.8) is 0 Å². The van der Waals surface area contributed by atoms with Crippen LogP contribution in [0.3, 0.4) is 0 Å². The van der Waals surface area contributed by atoms with Gasteiger partial charge in [0.25, 0.3) is 5.91 Å². The lowest BCUT2D eigenvalue weighted by Gasteiger charge is -2.22. The zero-order valence-electron chi connectivity index (χ0n) is 11.7. The smallest absolute Gasteiger partial charge is 0.255 e. The van der Waals surface area contributed by atoms with Crippen LogP contribution in [0.2, 0.25) is 0 Å². The highest BCUT2D eigenvalue weighted by Gasteiger charge is 2.33. The fraction of sp³-hybridized carbons (Fsp3) is 0.375. The largest absolute Gasteiger partial charge is 0.395 e. The number of nitrogens with two attached hydrogens (primary N) is 1. The number of benzene rings is 1. The van der Waals surface area contributed by atoms with Crippen LogP contribution in [0.25, 0.3) is 0 Å². The molecule has 3 N–H and O–H groups in total. The molecule has 0 aromatic heterocycles. The van der Waals surface area contributed by atoms with Crippen molar-refractivity contribution in [1.82, 2.24) is 4.90 Å². The number of hydrogen-bond acceptors (Lipinski definition) is 3. The van der Waals surface area contributed by atoms with Crippen LogP contribution in [-0.4, -0.2) is 41.0 Å². The van der Waals surface area contributed by atoms with Gasteiger partial charge in [-0.2, -0.15) is 0 Å². The normalized spacial score (nSPS) is 17.2. The summed E-state index contributed by atoms with van der Waals surface area (Å²) in [6, 6.07) is 6.49. The van der Waals surface area contributed by atoms with Gasteiger partial charge in [-0.05, 0) is 25.0 Å². The predicted molar refractivity (Wildman–Crippen MR) is 78.3 cm³/mol. The van der Waals surface area contributed by atoms with E-state index in [1.807, 2.05) is 0 Å². The van der Waals surface area contributed by atoms with Gasteiger partial charge >= 0.3 is 0 Å². The van der Waals surface area contributed by atoms with Crippen molar-refractivity contribution in [1.29, 1.82) is 0 Å². The van der Waals surface area contributed by atoms with Crippen molar-refractivity contribution in [2.75, 3.05) is 13.2 Å². The molecule has 1 aliphatic heterocycles. The van der Waals surface area contributed by atoms with Crippen LogP contribution in [0.5, 0.6) is 0 Å². The van der Waals surface area contributed by atoms with Gasteiger partial charge in [0.05, 0.1) is 12.2 Å². The maximum Gasteiger partial charge on any atom is 0.255 e. The molecule has 0 saturated carbocycles. The number of nitrogens with zero attached hydrogens (tertiary/aromatic N) is 1. The highest BCUT2D eigenvalue weighted by Crippen LogP contribution is 2.21. The SMILES string of the molecule is NC(=O)C1CCCN1C(=O)c1ccccc1C#CCCO. The number of amides is 2. The van der Waals surface area contributed by atoms with Gasteiger partial charge in [0.15, 0.2) is 0 Å². The third kappa shape index (κ3) is 3.41. The molecule has 1 saturated heterocycles. The van der Waals surface area contributed by atoms with Gasteiger partial charge in [0.1, 0.15) is 6.04 Å². The van der Waals surface area contributed by atoms with E-state index >= 15 is 0 Å². The van der Waals surface area contributed by atoms with E-state index in [0.717, 1.165) is 6.42 Å². The molecule has 0 aliphatic carbocycles. The monoisotopic (exact) mass is 286 g/mol. The molecule has 5 nitrogen and oxygen atoms in total. The van der Waals surface area contributed by atoms with E-state index < -0.39 is 11.9 Å². The standard InChI is InChI=1S/C16H18N2O3/c17-15(20)14-9-5-10-18(14)16(21)13-8-2-1-6-12(13)7-3-4-11-19/h1-2,6,8,14,19H,4-5,9-11H2,(H2,17,20). The van der Waals surface area contributed by atoms with Crippen LogP contribution in [0.1, 0.15) is 35.2 Å². The summed E-state index contributed by atoms with van der Waals surface area (Å²) in [4.78, 5) is 25.6. The Kier molecular flexibility index (Phi) is 4.96. The summed E-state index contributed by atoms with van der Waals surface area (Å²) in [5.41, 5.74) is 6.42. The molecule has 21 heavy (non-hydrogen) atoms. The third-order valence-corrected chi connectivity index (χ3v) is 3.46. The van der Waals surface area contributed by atoms with E-state index in [9.17, 15) is 9.59 Å². The number of carbonyl (C=O) groups is 2. The summed E-state index contributed by atoms with van der Waals surface area (Å²) >= 11 is 0. The molecule has 1 aliphatic rings. The first-order chi connectivity index (χ1) is 10.1. The predicted octanol–water partition coefficient (Wildman–Crippen LogP) is 0.510. The van der Waals surface area contributed by atoms with Crippen molar-refractivity contribution in [2.45, 2.75) is 25.3 Å². The van der Waals surface area contributed by atoms with E-state index in [0.29, 0.717) is 30.5 Å². The number of primary amides is 1. The molecule has 5 heteroatoms. The van der Waals surface area contributed by atoms with Crippen LogP contribution < -0.4 is 5.73 Å². The van der Waals surface area contributed by atoms with Gasteiger partial charge < -0.3 is 15.7 Å². The lowest BCUT2D eigenvalue weighted by atomic mass is 10.1. The van der Waals surface area contributed by atoms with Gasteiger partial charge in [-0.25, -0.2) is 0 Å². The van der Waals surface area contributed by atoms with Crippen LogP contribution in [0.4, 0.5) is 0 Å². The number of hydrogen-bond donors (Lipinski definition) is 2. The molecular formula is C16H18N2O3. The van der Waals surface area contributed by atoms with E-state index in [4.69, 9.17) is 10.8 Å². The van der Waals surface area contributed by atoms with Crippen LogP contribution >= 0.6 is 0 Å². The second-order valence-electron chi connectivity index (χ2n) is 4.88. The zero-order valence-corrected chi connectivity index (χ0v) is 11.7. The Morgan fingerprint density at radius 3 is 2.86 bits per heavy atom. The molecule has 1 aromatic carbocycles. The number of aliphatic hydroxyl groups is 1. The highest BCUT2D eigenvalue weighted by atomic mass is 16.2. The number of likely N-dealkylation sites (tertiary alicyclic amines) is 1. The minimum absolute atomic E-state index is 0.0149. The summed E-state index contributed by atoms with van der Waals surface area (Å²) in [6.45, 7) is 0.518. The summed E-state index contributed by atoms with van der Waals surface area (Å²) in [6.07, 6.45) is 1.74. The first-order valence-electron chi connectivity index (χ1n) is 6.94. The Labute approximate surface area is 123 Å². The fourth-order valence-corrected chi connectivity index (χ4v) is 2.45. The molecule has 2 rings (SSSR count). The van der Waals surface area contributed by atoms with Crippen molar-refractivity contribution >= 4 is 11.8 Å². The average Bonchev–Trinajstić information content (AvgIpc) is 2.97. The molecule has 1 aromatic rings. The Balaban J connectivity index is 2.27. The Bertz CT molecular complexity index is 601. The first-order valence-corrected chi connectivity index (χ1v) is 6.94. The van der Waals surface area contributed by atoms with Gasteiger partial charge in [0.2, 0.25) is 5.91 Å². The van der Waals surface area contributed by atoms with Crippen molar-refractivity contribution in [2.24, 2.45) is 5.73 Å². The number of aliphatic hydroxyl groups excluding tert-OH is 1. The summed E-state index contributed by atoms with van der Waals surface area (Å²) < 4.78 is 0. The second kappa shape index (κ2) is 6.91. The molecule has 1 fully saturated rings. The van der Waals surface area contributed by atoms with E-state index in [1.165, 1.54) is 4.90 Å². The Morgan fingerprint density at radius 2 is 2.14 bits per heavy atom. The molecule has 0 radical (unpaired) electrons. The summed E-state index contributed by atoms with van der Waals surface area (Å²) in [5.74, 6) is 5.01. The third-order valence-electron chi connectivity index (χ3n) is 3.46. The van der Waals surface area contributed by atoms with E-state index in [1.54, 1.807) is 24.3 Å². The van der Waals surface area contributed by atoms with Crippen molar-refractivity contribution < 1.29 is 14.7 Å². The molecule has 110 valence electrons. The van der Waals surface area contributed by atoms with Crippen molar-refractivity contribution in [3.05, 3.63) is 35.4 Å². The molecule has 2 amide bonds. The van der Waals surface area contributed by atoms with Gasteiger partial charge in [-0.15, -0.1) is 0 Å². The molecule has 1 unspecified atom stereocenters. The van der Waals surface area contributed by atoms with E-state index in [2.05, 4.69) is 11.8 Å². The molecular weight excluding hydrogens is 268 g/mol. The van der Waals surface area contributed by atoms with Gasteiger partial charge in [-0.1, -0.05) is 24.0 Å². The maximum atomic E-state index is 12.6. The number of carbonyl (C=O) groups excluding carboxylic acids is 2. The highest BCUT2D eigenvalue weighted by molar-refractivity contribution is 5.99. The molecule has 1 heterocycles. The average molecular weight is 286 g/mol. The summed E-state index contributed by atoms with van der Waals surface area (Å²) in [5, 5.41) is 8.76. The first kappa shape index (κ1) is 15.1. The fourth-order valence-electron chi connectivity index (χ4n) is 2.45.